The second-order valence-corrected chi connectivity index (χ2v) is 7.07. The minimum absolute atomic E-state index is 0.189. The Hall–Kier alpha value is -0.290. The Kier molecular flexibility index (Phi) is 9.32. The van der Waals surface area contributed by atoms with Crippen LogP contribution in [0.25, 0.3) is 0 Å². The van der Waals surface area contributed by atoms with Gasteiger partial charge in [0, 0.05) is 25.0 Å². The van der Waals surface area contributed by atoms with E-state index in [0.717, 1.165) is 44.0 Å². The molecule has 0 saturated heterocycles. The van der Waals surface area contributed by atoms with Crippen molar-refractivity contribution in [2.45, 2.75) is 64.5 Å². The first-order valence-electron chi connectivity index (χ1n) is 8.11. The second kappa shape index (κ2) is 10.4. The van der Waals surface area contributed by atoms with Crippen molar-refractivity contribution in [1.82, 2.24) is 4.90 Å². The van der Waals surface area contributed by atoms with Crippen LogP contribution in [0.1, 0.15) is 52.4 Å². The number of ether oxygens (including phenoxy) is 2. The van der Waals surface area contributed by atoms with Gasteiger partial charge in [0.2, 0.25) is 0 Å². The van der Waals surface area contributed by atoms with Crippen LogP contribution in [0, 0.1) is 5.92 Å². The van der Waals surface area contributed by atoms with E-state index in [9.17, 15) is 4.79 Å². The Bertz CT molecular complexity index is 291. The predicted octanol–water partition coefficient (Wildman–Crippen LogP) is 4.21. The molecule has 0 radical (unpaired) electrons. The summed E-state index contributed by atoms with van der Waals surface area (Å²) in [4.78, 5) is 13.7. The van der Waals surface area contributed by atoms with Crippen LogP contribution in [0.2, 0.25) is 0 Å². The highest BCUT2D eigenvalue weighted by Gasteiger charge is 2.27. The molecule has 124 valence electrons. The molecule has 0 aromatic rings. The maximum absolute atomic E-state index is 11.9. The van der Waals surface area contributed by atoms with Gasteiger partial charge in [-0.2, -0.15) is 0 Å². The van der Waals surface area contributed by atoms with Crippen molar-refractivity contribution in [1.29, 1.82) is 0 Å². The molecule has 1 fully saturated rings. The summed E-state index contributed by atoms with van der Waals surface area (Å²) < 4.78 is 11.2. The zero-order valence-corrected chi connectivity index (χ0v) is 15.2. The van der Waals surface area contributed by atoms with Crippen LogP contribution in [-0.2, 0) is 9.47 Å². The Labute approximate surface area is 137 Å². The van der Waals surface area contributed by atoms with Gasteiger partial charge >= 0.3 is 6.09 Å². The lowest BCUT2D eigenvalue weighted by atomic mass is 9.92. The average Bonchev–Trinajstić information content (AvgIpc) is 2.49. The third kappa shape index (κ3) is 7.50. The van der Waals surface area contributed by atoms with Crippen molar-refractivity contribution in [3.05, 3.63) is 0 Å². The van der Waals surface area contributed by atoms with E-state index in [1.807, 2.05) is 20.9 Å². The molecule has 0 spiro atoms. The Balaban J connectivity index is 2.20. The van der Waals surface area contributed by atoms with Gasteiger partial charge in [0.15, 0.2) is 0 Å². The van der Waals surface area contributed by atoms with Crippen molar-refractivity contribution in [3.63, 3.8) is 0 Å². The minimum Gasteiger partial charge on any atom is -0.449 e. The minimum atomic E-state index is -0.189. The summed E-state index contributed by atoms with van der Waals surface area (Å²) in [5, 5.41) is 1.05. The highest BCUT2D eigenvalue weighted by molar-refractivity contribution is 9.09. The summed E-state index contributed by atoms with van der Waals surface area (Å²) in [5.41, 5.74) is 0. The van der Waals surface area contributed by atoms with Crippen molar-refractivity contribution in [2.24, 2.45) is 5.92 Å². The molecule has 1 aliphatic carbocycles. The first-order valence-corrected chi connectivity index (χ1v) is 9.23. The smallest absolute Gasteiger partial charge is 0.409 e. The second-order valence-electron chi connectivity index (χ2n) is 6.28. The van der Waals surface area contributed by atoms with Crippen LogP contribution >= 0.6 is 15.9 Å². The number of carbonyl (C=O) groups is 1. The van der Waals surface area contributed by atoms with Crippen LogP contribution in [0.3, 0.4) is 0 Å². The zero-order chi connectivity index (χ0) is 15.7. The van der Waals surface area contributed by atoms with E-state index in [1.54, 1.807) is 4.90 Å². The van der Waals surface area contributed by atoms with Crippen LogP contribution < -0.4 is 0 Å². The largest absolute Gasteiger partial charge is 0.449 e. The molecule has 1 aliphatic rings. The van der Waals surface area contributed by atoms with Gasteiger partial charge in [-0.1, -0.05) is 29.8 Å². The Morgan fingerprint density at radius 1 is 1.24 bits per heavy atom. The lowest BCUT2D eigenvalue weighted by molar-refractivity contribution is 0.00736. The number of alkyl halides is 1. The number of carbonyl (C=O) groups excluding carboxylic acids is 1. The number of hydrogen-bond donors (Lipinski definition) is 0. The van der Waals surface area contributed by atoms with E-state index in [1.165, 1.54) is 6.42 Å². The summed E-state index contributed by atoms with van der Waals surface area (Å²) >= 11 is 3.43. The van der Waals surface area contributed by atoms with Gasteiger partial charge in [-0.3, -0.25) is 0 Å². The van der Waals surface area contributed by atoms with Crippen LogP contribution in [0.5, 0.6) is 0 Å². The fraction of sp³-hybridized carbons (Fsp3) is 0.938. The van der Waals surface area contributed by atoms with Gasteiger partial charge in [-0.25, -0.2) is 4.79 Å². The molecule has 0 unspecified atom stereocenters. The summed E-state index contributed by atoms with van der Waals surface area (Å²) in [6.07, 6.45) is 6.57. The maximum Gasteiger partial charge on any atom is 0.409 e. The molecule has 0 heterocycles. The third-order valence-corrected chi connectivity index (χ3v) is 4.46. The average molecular weight is 364 g/mol. The quantitative estimate of drug-likeness (QED) is 0.478. The third-order valence-electron chi connectivity index (χ3n) is 3.90. The predicted molar refractivity (Wildman–Crippen MR) is 89.0 cm³/mol. The molecule has 1 saturated carbocycles. The first kappa shape index (κ1) is 18.8. The summed E-state index contributed by atoms with van der Waals surface area (Å²) in [7, 11) is 1.85. The highest BCUT2D eigenvalue weighted by Crippen LogP contribution is 2.25. The molecular formula is C16H30BrNO3. The molecule has 4 nitrogen and oxygen atoms in total. The summed E-state index contributed by atoms with van der Waals surface area (Å²) in [6.45, 7) is 5.44. The molecule has 21 heavy (non-hydrogen) atoms. The zero-order valence-electron chi connectivity index (χ0n) is 13.6. The Morgan fingerprint density at radius 3 is 2.48 bits per heavy atom. The van der Waals surface area contributed by atoms with E-state index < -0.39 is 0 Å². The number of halogens is 1. The standard InChI is InChI=1S/C16H30BrNO3/c1-13(2)12-21-16(19)18(3)14-6-8-15(9-7-14)20-11-5-4-10-17/h13-15H,4-12H2,1-3H3. The molecule has 1 amide bonds. The lowest BCUT2D eigenvalue weighted by Gasteiger charge is -2.34. The number of nitrogens with zero attached hydrogens (tertiary/aromatic N) is 1. The van der Waals surface area contributed by atoms with Crippen LogP contribution in [0.15, 0.2) is 0 Å². The van der Waals surface area contributed by atoms with E-state index in [2.05, 4.69) is 15.9 Å². The molecule has 0 atom stereocenters. The molecule has 0 aliphatic heterocycles. The highest BCUT2D eigenvalue weighted by atomic mass is 79.9. The van der Waals surface area contributed by atoms with Crippen molar-refractivity contribution >= 4 is 22.0 Å². The lowest BCUT2D eigenvalue weighted by Crippen LogP contribution is -2.41. The molecule has 0 N–H and O–H groups in total. The Morgan fingerprint density at radius 2 is 1.90 bits per heavy atom. The number of hydrogen-bond acceptors (Lipinski definition) is 3. The van der Waals surface area contributed by atoms with Gasteiger partial charge in [-0.05, 0) is 44.4 Å². The molecule has 0 aromatic carbocycles. The number of unbranched alkanes of at least 4 members (excludes halogenated alkanes) is 1. The fourth-order valence-corrected chi connectivity index (χ4v) is 2.93. The summed E-state index contributed by atoms with van der Waals surface area (Å²) in [6, 6.07) is 0.298. The van der Waals surface area contributed by atoms with Crippen LogP contribution in [-0.4, -0.2) is 48.7 Å². The normalized spacial score (nSPS) is 22.3. The summed E-state index contributed by atoms with van der Waals surface area (Å²) in [5.74, 6) is 0.381. The van der Waals surface area contributed by atoms with Crippen molar-refractivity contribution < 1.29 is 14.3 Å². The van der Waals surface area contributed by atoms with Gasteiger partial charge in [0.05, 0.1) is 12.7 Å². The first-order chi connectivity index (χ1) is 10.0. The van der Waals surface area contributed by atoms with E-state index in [0.29, 0.717) is 24.7 Å². The van der Waals surface area contributed by atoms with Crippen LogP contribution in [0.4, 0.5) is 4.79 Å². The van der Waals surface area contributed by atoms with E-state index in [-0.39, 0.29) is 6.09 Å². The molecule has 5 heteroatoms. The van der Waals surface area contributed by atoms with E-state index >= 15 is 0 Å². The molecular weight excluding hydrogens is 334 g/mol. The van der Waals surface area contributed by atoms with Crippen molar-refractivity contribution in [2.75, 3.05) is 25.6 Å². The monoisotopic (exact) mass is 363 g/mol. The fourth-order valence-electron chi connectivity index (χ4n) is 2.53. The molecule has 0 aromatic heterocycles. The van der Waals surface area contributed by atoms with Gasteiger partial charge in [-0.15, -0.1) is 0 Å². The van der Waals surface area contributed by atoms with Crippen molar-refractivity contribution in [3.8, 4) is 0 Å². The van der Waals surface area contributed by atoms with Gasteiger partial charge in [0.25, 0.3) is 0 Å². The number of rotatable bonds is 8. The van der Waals surface area contributed by atoms with Gasteiger partial charge < -0.3 is 14.4 Å². The van der Waals surface area contributed by atoms with Gasteiger partial charge in [0.1, 0.15) is 0 Å². The number of amides is 1. The molecule has 0 bridgehead atoms. The topological polar surface area (TPSA) is 38.8 Å². The van der Waals surface area contributed by atoms with E-state index in [4.69, 9.17) is 9.47 Å². The molecule has 1 rings (SSSR count). The SMILES string of the molecule is CC(C)COC(=O)N(C)C1CCC(OCCCCBr)CC1. The maximum atomic E-state index is 11.9.